The van der Waals surface area contributed by atoms with Gasteiger partial charge in [0.05, 0.1) is 6.54 Å². The van der Waals surface area contributed by atoms with E-state index < -0.39 is 6.10 Å². The minimum absolute atomic E-state index is 0.0679. The number of esters is 1. The van der Waals surface area contributed by atoms with E-state index in [0.29, 0.717) is 32.2 Å². The third-order valence-electron chi connectivity index (χ3n) is 6.17. The zero-order valence-electron chi connectivity index (χ0n) is 18.6. The monoisotopic (exact) mass is 440 g/mol. The number of allylic oxidation sites excluding steroid dienone is 2. The summed E-state index contributed by atoms with van der Waals surface area (Å²) in [4.78, 5) is 21.2. The van der Waals surface area contributed by atoms with Crippen LogP contribution in [0.15, 0.2) is 36.5 Å². The van der Waals surface area contributed by atoms with Gasteiger partial charge in [-0.25, -0.2) is 4.98 Å². The van der Waals surface area contributed by atoms with Crippen LogP contribution in [0.5, 0.6) is 11.8 Å². The lowest BCUT2D eigenvalue weighted by Crippen LogP contribution is -2.49. The van der Waals surface area contributed by atoms with Crippen LogP contribution in [0.3, 0.4) is 0 Å². The first-order valence-electron chi connectivity index (χ1n) is 11.4. The van der Waals surface area contributed by atoms with E-state index in [9.17, 15) is 15.0 Å². The topological polar surface area (TPSA) is 91.1 Å². The minimum atomic E-state index is -0.464. The first kappa shape index (κ1) is 22.2. The highest BCUT2D eigenvalue weighted by atomic mass is 16.5. The van der Waals surface area contributed by atoms with Crippen LogP contribution >= 0.6 is 0 Å². The van der Waals surface area contributed by atoms with Crippen molar-refractivity contribution in [2.45, 2.75) is 45.3 Å². The second-order valence-electron chi connectivity index (χ2n) is 8.43. The van der Waals surface area contributed by atoms with Gasteiger partial charge in [0.25, 0.3) is 0 Å². The fraction of sp³-hybridized carbons (Fsp3) is 0.500. The molecule has 32 heavy (non-hydrogen) atoms. The normalized spacial score (nSPS) is 17.2. The molecule has 0 saturated carbocycles. The third-order valence-corrected chi connectivity index (χ3v) is 6.17. The second kappa shape index (κ2) is 10.1. The maximum Gasteiger partial charge on any atom is 0.306 e. The number of hydrogen-bond donors (Lipinski definition) is 2. The highest BCUT2D eigenvalue weighted by Crippen LogP contribution is 2.37. The number of ether oxygens (including phenoxy) is 1. The fourth-order valence-corrected chi connectivity index (χ4v) is 4.47. The Morgan fingerprint density at radius 2 is 1.75 bits per heavy atom. The van der Waals surface area contributed by atoms with Gasteiger partial charge < -0.3 is 19.8 Å². The first-order valence-corrected chi connectivity index (χ1v) is 11.4. The average Bonchev–Trinajstić information content (AvgIpc) is 3.05. The Morgan fingerprint density at radius 3 is 2.34 bits per heavy atom. The van der Waals surface area contributed by atoms with E-state index in [1.165, 1.54) is 4.57 Å². The molecule has 1 fully saturated rings. The summed E-state index contributed by atoms with van der Waals surface area (Å²) in [7, 11) is 0. The van der Waals surface area contributed by atoms with Gasteiger partial charge in [-0.3, -0.25) is 14.3 Å². The van der Waals surface area contributed by atoms with Crippen molar-refractivity contribution in [3.8, 4) is 11.8 Å². The van der Waals surface area contributed by atoms with Gasteiger partial charge >= 0.3 is 5.97 Å². The third kappa shape index (κ3) is 4.91. The van der Waals surface area contributed by atoms with Crippen LogP contribution in [0.1, 0.15) is 30.9 Å². The predicted octanol–water partition coefficient (Wildman–Crippen LogP) is 2.48. The number of aromatic nitrogens is 2. The molecule has 172 valence electrons. The molecule has 8 heteroatoms. The Morgan fingerprint density at radius 1 is 1.06 bits per heavy atom. The minimum Gasteiger partial charge on any atom is -0.494 e. The number of carbonyl (C=O) groups excluding carboxylic acids is 1. The molecule has 2 N–H and O–H groups in total. The zero-order valence-corrected chi connectivity index (χ0v) is 18.6. The predicted molar refractivity (Wildman–Crippen MR) is 122 cm³/mol. The van der Waals surface area contributed by atoms with Crippen molar-refractivity contribution in [3.63, 3.8) is 0 Å². The van der Waals surface area contributed by atoms with Crippen LogP contribution in [-0.4, -0.2) is 69.5 Å². The van der Waals surface area contributed by atoms with Gasteiger partial charge in [-0.1, -0.05) is 25.1 Å². The number of carbonyl (C=O) groups is 1. The van der Waals surface area contributed by atoms with Crippen molar-refractivity contribution in [2.24, 2.45) is 0 Å². The Bertz CT molecular complexity index is 917. The van der Waals surface area contributed by atoms with E-state index in [1.54, 1.807) is 6.20 Å². The SMILES string of the molecule is CCCC(=O)OC(CN1CCN(c2ccccn2)CC1)Cn1c(O)c2c(c1O)CC=CC2. The number of aromatic hydroxyl groups is 2. The summed E-state index contributed by atoms with van der Waals surface area (Å²) in [6.07, 6.45) is 7.58. The van der Waals surface area contributed by atoms with Gasteiger partial charge in [0.2, 0.25) is 0 Å². The molecule has 1 unspecified atom stereocenters. The van der Waals surface area contributed by atoms with E-state index in [0.717, 1.165) is 43.1 Å². The molecular weight excluding hydrogens is 408 g/mol. The Hall–Kier alpha value is -3.00. The van der Waals surface area contributed by atoms with Crippen LogP contribution in [0.4, 0.5) is 5.82 Å². The highest BCUT2D eigenvalue weighted by molar-refractivity contribution is 5.69. The summed E-state index contributed by atoms with van der Waals surface area (Å²) in [5.74, 6) is 0.860. The number of anilines is 1. The summed E-state index contributed by atoms with van der Waals surface area (Å²) in [5.41, 5.74) is 1.51. The van der Waals surface area contributed by atoms with Crippen molar-refractivity contribution in [3.05, 3.63) is 47.7 Å². The summed E-state index contributed by atoms with van der Waals surface area (Å²) in [5, 5.41) is 21.4. The van der Waals surface area contributed by atoms with Crippen LogP contribution in [-0.2, 0) is 28.9 Å². The van der Waals surface area contributed by atoms with Crippen molar-refractivity contribution in [1.29, 1.82) is 0 Å². The van der Waals surface area contributed by atoms with Gasteiger partial charge in [0.1, 0.15) is 11.9 Å². The zero-order chi connectivity index (χ0) is 22.5. The van der Waals surface area contributed by atoms with Gasteiger partial charge in [-0.05, 0) is 31.4 Å². The molecule has 0 aromatic carbocycles. The maximum absolute atomic E-state index is 12.3. The fourth-order valence-electron chi connectivity index (χ4n) is 4.47. The lowest BCUT2D eigenvalue weighted by Gasteiger charge is -2.36. The molecule has 2 aliphatic rings. The number of hydrogen-bond acceptors (Lipinski definition) is 7. The Kier molecular flexibility index (Phi) is 6.99. The standard InChI is InChI=1S/C24H32N4O4/c1-2-7-22(29)32-18(17-28-23(30)19-8-3-4-9-20(19)24(28)31)16-26-12-14-27(15-13-26)21-10-5-6-11-25-21/h3-6,10-11,18,30-31H,2,7-9,12-17H2,1H3. The maximum atomic E-state index is 12.3. The van der Waals surface area contributed by atoms with Crippen LogP contribution in [0.2, 0.25) is 0 Å². The summed E-state index contributed by atoms with van der Waals surface area (Å²) >= 11 is 0. The second-order valence-corrected chi connectivity index (χ2v) is 8.43. The summed E-state index contributed by atoms with van der Waals surface area (Å²) in [6.45, 7) is 6.04. The summed E-state index contributed by atoms with van der Waals surface area (Å²) < 4.78 is 7.28. The molecule has 2 aromatic heterocycles. The van der Waals surface area contributed by atoms with E-state index >= 15 is 0 Å². The van der Waals surface area contributed by atoms with Crippen molar-refractivity contribution >= 4 is 11.8 Å². The van der Waals surface area contributed by atoms with E-state index in [2.05, 4.69) is 14.8 Å². The molecule has 1 aliphatic heterocycles. The number of piperazine rings is 1. The molecule has 2 aromatic rings. The molecule has 0 amide bonds. The number of rotatable bonds is 8. The average molecular weight is 441 g/mol. The highest BCUT2D eigenvalue weighted by Gasteiger charge is 2.28. The van der Waals surface area contributed by atoms with Gasteiger partial charge in [-0.2, -0.15) is 0 Å². The molecule has 1 atom stereocenters. The number of pyridine rings is 1. The Balaban J connectivity index is 1.44. The van der Waals surface area contributed by atoms with E-state index in [4.69, 9.17) is 4.74 Å². The quantitative estimate of drug-likeness (QED) is 0.481. The molecule has 0 bridgehead atoms. The smallest absolute Gasteiger partial charge is 0.306 e. The number of nitrogens with zero attached hydrogens (tertiary/aromatic N) is 4. The lowest BCUT2D eigenvalue weighted by atomic mass is 10.0. The molecule has 4 rings (SSSR count). The van der Waals surface area contributed by atoms with Crippen molar-refractivity contribution < 1.29 is 19.7 Å². The molecule has 0 spiro atoms. The Labute approximate surface area is 188 Å². The van der Waals surface area contributed by atoms with E-state index in [-0.39, 0.29) is 24.3 Å². The van der Waals surface area contributed by atoms with Gasteiger partial charge in [-0.15, -0.1) is 0 Å². The van der Waals surface area contributed by atoms with Crippen LogP contribution in [0.25, 0.3) is 0 Å². The lowest BCUT2D eigenvalue weighted by molar-refractivity contribution is -0.151. The van der Waals surface area contributed by atoms with Gasteiger partial charge in [0.15, 0.2) is 11.8 Å². The molecular formula is C24H32N4O4. The van der Waals surface area contributed by atoms with E-state index in [1.807, 2.05) is 37.3 Å². The first-order chi connectivity index (χ1) is 15.6. The molecule has 0 radical (unpaired) electrons. The van der Waals surface area contributed by atoms with Crippen molar-refractivity contribution in [1.82, 2.24) is 14.5 Å². The van der Waals surface area contributed by atoms with Crippen LogP contribution < -0.4 is 4.90 Å². The van der Waals surface area contributed by atoms with Crippen LogP contribution in [0, 0.1) is 0 Å². The molecule has 1 saturated heterocycles. The van der Waals surface area contributed by atoms with Crippen molar-refractivity contribution in [2.75, 3.05) is 37.6 Å². The molecule has 3 heterocycles. The summed E-state index contributed by atoms with van der Waals surface area (Å²) in [6, 6.07) is 5.91. The largest absolute Gasteiger partial charge is 0.494 e. The molecule has 1 aliphatic carbocycles. The number of fused-ring (bicyclic) bond motifs is 1. The molecule has 8 nitrogen and oxygen atoms in total. The van der Waals surface area contributed by atoms with Gasteiger partial charge in [0, 0.05) is 56.5 Å².